The van der Waals surface area contributed by atoms with Gasteiger partial charge in [0, 0.05) is 51.5 Å². The van der Waals surface area contributed by atoms with Crippen LogP contribution in [0.2, 0.25) is 0 Å². The van der Waals surface area contributed by atoms with Gasteiger partial charge in [0.2, 0.25) is 17.7 Å². The number of aliphatic hydroxyl groups is 1. The molecule has 3 aromatic heterocycles. The van der Waals surface area contributed by atoms with Crippen molar-refractivity contribution in [1.82, 2.24) is 25.6 Å². The number of carbonyl (C=O) groups is 3. The number of nitrogens with zero attached hydrogens (tertiary/aromatic N) is 2. The molecule has 4 aliphatic heterocycles. The van der Waals surface area contributed by atoms with E-state index in [1.807, 2.05) is 68.4 Å². The van der Waals surface area contributed by atoms with Gasteiger partial charge in [-0.25, -0.2) is 9.78 Å². The van der Waals surface area contributed by atoms with Crippen molar-refractivity contribution in [2.24, 2.45) is 5.92 Å². The summed E-state index contributed by atoms with van der Waals surface area (Å²) in [6, 6.07) is 15.9. The number of ether oxygens (including phenoxy) is 2. The second kappa shape index (κ2) is 12.3. The molecular formula is C43H40N6O8. The number of aromatic nitrogens is 3. The van der Waals surface area contributed by atoms with Crippen LogP contribution in [0.5, 0.6) is 5.75 Å². The average Bonchev–Trinajstić information content (AvgIpc) is 4.04. The van der Waals surface area contributed by atoms with E-state index in [1.165, 1.54) is 7.11 Å². The summed E-state index contributed by atoms with van der Waals surface area (Å²) >= 11 is 0. The summed E-state index contributed by atoms with van der Waals surface area (Å²) < 4.78 is 25.7. The molecule has 4 atom stereocenters. The highest BCUT2D eigenvalue weighted by molar-refractivity contribution is 6.10. The number of nitrogens with one attached hydrogen (secondary N) is 4. The Hall–Kier alpha value is -6.41. The van der Waals surface area contributed by atoms with Crippen LogP contribution in [0, 0.1) is 5.92 Å². The molecule has 6 aromatic rings. The van der Waals surface area contributed by atoms with E-state index >= 15 is 0 Å². The molecule has 14 heteroatoms. The molecule has 5 N–H and O–H groups in total. The number of hydrogen-bond acceptors (Lipinski definition) is 11. The molecular weight excluding hydrogens is 729 g/mol. The SMILES string of the molecule is CCC(O)(CC)C(=O)N[C@H]1Cc2ccc3c(c2)C24c5cccc(c5NC2O3)-c2cccc3[nH]cc(c23)-c2oc(nc2C(=O)OC)-c2nc(oc24)[C@H](C(C)C)NC1=O. The van der Waals surface area contributed by atoms with Crippen LogP contribution < -0.4 is 20.7 Å². The topological polar surface area (TPSA) is 194 Å². The fourth-order valence-corrected chi connectivity index (χ4v) is 9.04. The van der Waals surface area contributed by atoms with Gasteiger partial charge in [-0.1, -0.05) is 70.2 Å². The van der Waals surface area contributed by atoms with Crippen LogP contribution in [0.15, 0.2) is 69.6 Å². The quantitative estimate of drug-likeness (QED) is 0.122. The van der Waals surface area contributed by atoms with Gasteiger partial charge in [-0.15, -0.1) is 0 Å². The zero-order valence-electron chi connectivity index (χ0n) is 31.9. The van der Waals surface area contributed by atoms with Crippen molar-refractivity contribution in [3.63, 3.8) is 0 Å². The molecule has 1 spiro atoms. The third-order valence-corrected chi connectivity index (χ3v) is 12.2. The fraction of sp³-hybridized carbons (Fsp3) is 0.326. The van der Waals surface area contributed by atoms with Crippen molar-refractivity contribution in [3.05, 3.63) is 94.8 Å². The first-order valence-corrected chi connectivity index (χ1v) is 19.3. The monoisotopic (exact) mass is 768 g/mol. The highest BCUT2D eigenvalue weighted by Crippen LogP contribution is 2.61. The van der Waals surface area contributed by atoms with Crippen LogP contribution >= 0.6 is 0 Å². The minimum Gasteiger partial charge on any atom is -0.469 e. The molecule has 2 amide bonds. The molecule has 14 nitrogen and oxygen atoms in total. The summed E-state index contributed by atoms with van der Waals surface area (Å²) in [5.74, 6) is -0.768. The lowest BCUT2D eigenvalue weighted by Crippen LogP contribution is -2.55. The number of esters is 1. The molecule has 0 radical (unpaired) electrons. The molecule has 10 rings (SSSR count). The normalized spacial score (nSPS) is 21.2. The van der Waals surface area contributed by atoms with Crippen LogP contribution in [0.1, 0.15) is 85.4 Å². The highest BCUT2D eigenvalue weighted by atomic mass is 16.5. The summed E-state index contributed by atoms with van der Waals surface area (Å²) in [6.07, 6.45) is 1.51. The lowest BCUT2D eigenvalue weighted by molar-refractivity contribution is -0.143. The van der Waals surface area contributed by atoms with Crippen molar-refractivity contribution < 1.29 is 37.8 Å². The van der Waals surface area contributed by atoms with Crippen molar-refractivity contribution in [2.45, 2.75) is 76.3 Å². The number of amides is 2. The standard InChI is InChI=1S/C43H40N6O8/c1-6-42(53,7-2)40(52)45-27-17-20-14-15-28-25(16-20)43-24-12-8-11-22(31(24)49-41(43)55-28)21-10-9-13-26-29(21)23(18-44-26)34-32(39(51)54-5)47-38(56-34)33-35(43)57-37(48-33)30(19(3)4)46-36(27)50/h8-16,18-19,27,30,41,44,49,53H,6-7,17H2,1-5H3,(H,45,52)(H,46,50)/t27-,30-,41?,43?/m0/s1. The lowest BCUT2D eigenvalue weighted by atomic mass is 9.72. The van der Waals surface area contributed by atoms with Crippen LogP contribution in [0.25, 0.3) is 44.9 Å². The molecule has 2 unspecified atom stereocenters. The van der Waals surface area contributed by atoms with E-state index in [0.29, 0.717) is 17.1 Å². The van der Waals surface area contributed by atoms with Crippen molar-refractivity contribution in [2.75, 3.05) is 12.4 Å². The number of H-pyrrole nitrogens is 1. The highest BCUT2D eigenvalue weighted by Gasteiger charge is 2.62. The lowest BCUT2D eigenvalue weighted by Gasteiger charge is -2.30. The zero-order valence-corrected chi connectivity index (χ0v) is 31.9. The summed E-state index contributed by atoms with van der Waals surface area (Å²) in [5.41, 5.74) is 3.65. The summed E-state index contributed by atoms with van der Waals surface area (Å²) in [5, 5.41) is 21.7. The van der Waals surface area contributed by atoms with E-state index < -0.39 is 47.1 Å². The maximum atomic E-state index is 14.4. The number of carbonyl (C=O) groups excluding carboxylic acids is 3. The minimum atomic E-state index is -1.65. The Morgan fingerprint density at radius 3 is 2.58 bits per heavy atom. The summed E-state index contributed by atoms with van der Waals surface area (Å²) in [7, 11) is 1.29. The minimum absolute atomic E-state index is 0.0115. The maximum Gasteiger partial charge on any atom is 0.360 e. The Labute approximate surface area is 326 Å². The largest absolute Gasteiger partial charge is 0.469 e. The van der Waals surface area contributed by atoms with Crippen molar-refractivity contribution >= 4 is 34.4 Å². The molecule has 57 heavy (non-hydrogen) atoms. The molecule has 7 heterocycles. The molecule has 4 aliphatic rings. The predicted molar refractivity (Wildman–Crippen MR) is 207 cm³/mol. The molecule has 0 aliphatic carbocycles. The van der Waals surface area contributed by atoms with Gasteiger partial charge in [0.05, 0.1) is 7.11 Å². The molecule has 10 bridgehead atoms. The summed E-state index contributed by atoms with van der Waals surface area (Å²) in [6.45, 7) is 7.32. The Kier molecular flexibility index (Phi) is 7.56. The Balaban J connectivity index is 1.30. The Morgan fingerprint density at radius 1 is 1.02 bits per heavy atom. The summed E-state index contributed by atoms with van der Waals surface area (Å²) in [4.78, 5) is 54.7. The van der Waals surface area contributed by atoms with E-state index in [-0.39, 0.29) is 54.1 Å². The van der Waals surface area contributed by atoms with Crippen LogP contribution in [0.4, 0.5) is 5.69 Å². The predicted octanol–water partition coefficient (Wildman–Crippen LogP) is 6.13. The third kappa shape index (κ3) is 4.76. The Bertz CT molecular complexity index is 2690. The van der Waals surface area contributed by atoms with Gasteiger partial charge in [-0.2, -0.15) is 4.98 Å². The van der Waals surface area contributed by atoms with Crippen molar-refractivity contribution in [1.29, 1.82) is 0 Å². The second-order valence-electron chi connectivity index (χ2n) is 15.6. The van der Waals surface area contributed by atoms with Crippen molar-refractivity contribution in [3.8, 4) is 39.8 Å². The second-order valence-corrected chi connectivity index (χ2v) is 15.6. The molecule has 0 saturated heterocycles. The molecule has 290 valence electrons. The number of rotatable bonds is 6. The molecule has 3 aromatic carbocycles. The van der Waals surface area contributed by atoms with Crippen LogP contribution in [0.3, 0.4) is 0 Å². The van der Waals surface area contributed by atoms with Crippen LogP contribution in [-0.2, 0) is 26.2 Å². The van der Waals surface area contributed by atoms with Crippen LogP contribution in [-0.4, -0.2) is 62.8 Å². The van der Waals surface area contributed by atoms with Gasteiger partial charge in [-0.3, -0.25) is 9.59 Å². The smallest absolute Gasteiger partial charge is 0.360 e. The number of aromatic amines is 1. The van der Waals surface area contributed by atoms with Gasteiger partial charge in [0.15, 0.2) is 29.1 Å². The Morgan fingerprint density at radius 2 is 1.81 bits per heavy atom. The van der Waals surface area contributed by atoms with Gasteiger partial charge in [-0.05, 0) is 42.0 Å². The van der Waals surface area contributed by atoms with Gasteiger partial charge in [0.1, 0.15) is 28.8 Å². The van der Waals surface area contributed by atoms with E-state index in [4.69, 9.17) is 28.3 Å². The number of oxazole rings is 2. The van der Waals surface area contributed by atoms with E-state index in [0.717, 1.165) is 44.4 Å². The number of methoxy groups -OCH3 is 1. The average molecular weight is 769 g/mol. The third-order valence-electron chi connectivity index (χ3n) is 12.2. The first-order chi connectivity index (χ1) is 27.5. The first-order valence-electron chi connectivity index (χ1n) is 19.3. The first kappa shape index (κ1) is 35.0. The van der Waals surface area contributed by atoms with E-state index in [9.17, 15) is 19.5 Å². The van der Waals surface area contributed by atoms with Gasteiger partial charge in [0.25, 0.3) is 5.91 Å². The molecule has 0 saturated carbocycles. The zero-order chi connectivity index (χ0) is 39.5. The fourth-order valence-electron chi connectivity index (χ4n) is 9.04. The number of fused-ring (bicyclic) bond motifs is 7. The number of anilines is 1. The number of para-hydroxylation sites is 1. The number of hydrogen-bond donors (Lipinski definition) is 5. The van der Waals surface area contributed by atoms with E-state index in [2.05, 4.69) is 20.9 Å². The van der Waals surface area contributed by atoms with Gasteiger partial charge < -0.3 is 44.3 Å². The maximum absolute atomic E-state index is 14.4. The number of benzene rings is 3. The van der Waals surface area contributed by atoms with E-state index in [1.54, 1.807) is 20.0 Å². The molecule has 0 fully saturated rings. The van der Waals surface area contributed by atoms with Gasteiger partial charge >= 0.3 is 5.97 Å².